The summed E-state index contributed by atoms with van der Waals surface area (Å²) in [5, 5.41) is -0.166. The van der Waals surface area contributed by atoms with Crippen LogP contribution in [-0.2, 0) is 16.4 Å². The summed E-state index contributed by atoms with van der Waals surface area (Å²) < 4.78 is 32.8. The van der Waals surface area contributed by atoms with E-state index in [1.165, 1.54) is 18.3 Å². The number of hydrogen-bond acceptors (Lipinski definition) is 8. The lowest BCUT2D eigenvalue weighted by Crippen LogP contribution is -2.40. The molecule has 0 bridgehead atoms. The van der Waals surface area contributed by atoms with E-state index in [-0.39, 0.29) is 26.8 Å². The van der Waals surface area contributed by atoms with Crippen LogP contribution in [0, 0.1) is 5.92 Å². The van der Waals surface area contributed by atoms with Gasteiger partial charge in [-0.3, -0.25) is 4.79 Å². The van der Waals surface area contributed by atoms with Gasteiger partial charge in [0, 0.05) is 31.9 Å². The molecule has 0 spiro atoms. The first-order valence-corrected chi connectivity index (χ1v) is 13.5. The normalized spacial score (nSPS) is 17.0. The van der Waals surface area contributed by atoms with Gasteiger partial charge in [-0.25, -0.2) is 18.4 Å². The largest absolute Gasteiger partial charge is 0.497 e. The van der Waals surface area contributed by atoms with Crippen molar-refractivity contribution < 1.29 is 17.9 Å². The Labute approximate surface area is 218 Å². The number of sulfone groups is 1. The van der Waals surface area contributed by atoms with Gasteiger partial charge in [-0.1, -0.05) is 25.1 Å². The van der Waals surface area contributed by atoms with Gasteiger partial charge in [0.15, 0.2) is 5.03 Å². The van der Waals surface area contributed by atoms with Crippen LogP contribution in [0.5, 0.6) is 5.75 Å². The predicted octanol–water partition coefficient (Wildman–Crippen LogP) is 3.68. The Bertz CT molecular complexity index is 1410. The molecule has 4 rings (SSSR count). The molecule has 3 aromatic rings. The zero-order valence-electron chi connectivity index (χ0n) is 21.8. The highest BCUT2D eigenvalue weighted by Gasteiger charge is 2.40. The summed E-state index contributed by atoms with van der Waals surface area (Å²) in [4.78, 5) is 25.1. The molecular weight excluding hydrogens is 490 g/mol. The van der Waals surface area contributed by atoms with Crippen LogP contribution in [0.3, 0.4) is 0 Å². The minimum atomic E-state index is -4.18. The molecule has 196 valence electrons. The summed E-state index contributed by atoms with van der Waals surface area (Å²) >= 11 is 0. The van der Waals surface area contributed by atoms with Crippen LogP contribution in [0.2, 0.25) is 0 Å². The highest BCUT2D eigenvalue weighted by Crippen LogP contribution is 2.39. The Morgan fingerprint density at radius 1 is 1.19 bits per heavy atom. The van der Waals surface area contributed by atoms with Gasteiger partial charge < -0.3 is 20.3 Å². The second-order valence-electron chi connectivity index (χ2n) is 10.1. The van der Waals surface area contributed by atoms with Crippen molar-refractivity contribution in [2.75, 3.05) is 30.5 Å². The first-order chi connectivity index (χ1) is 17.4. The first-order valence-electron chi connectivity index (χ1n) is 12.1. The van der Waals surface area contributed by atoms with Gasteiger partial charge in [0.1, 0.15) is 22.9 Å². The van der Waals surface area contributed by atoms with Gasteiger partial charge in [-0.2, -0.15) is 0 Å². The average Bonchev–Trinajstić information content (AvgIpc) is 3.15. The maximum absolute atomic E-state index is 13.8. The molecule has 1 amide bonds. The molecule has 0 aliphatic carbocycles. The fourth-order valence-corrected chi connectivity index (χ4v) is 6.42. The highest BCUT2D eigenvalue weighted by atomic mass is 32.2. The molecule has 2 aromatic heterocycles. The number of methoxy groups -OCH3 is 1. The standard InChI is InChI=1S/C27H33N5O4S/c1-18-15-27(2,3)32(16-18)26-24(25(28)33)21(13-14-29-26)37(34,35)23-8-6-7-22(30-23)31(4)17-19-9-11-20(36-5)12-10-19/h6-14,18H,15-17H2,1-5H3,(H2,28,33). The lowest BCUT2D eigenvalue weighted by molar-refractivity contribution is 0.0997. The molecule has 3 heterocycles. The number of nitrogens with zero attached hydrogens (tertiary/aromatic N) is 4. The fraction of sp³-hybridized carbons (Fsp3) is 0.370. The van der Waals surface area contributed by atoms with E-state index < -0.39 is 15.7 Å². The van der Waals surface area contributed by atoms with Crippen molar-refractivity contribution in [1.82, 2.24) is 9.97 Å². The highest BCUT2D eigenvalue weighted by molar-refractivity contribution is 7.91. The lowest BCUT2D eigenvalue weighted by atomic mass is 9.97. The molecule has 1 aromatic carbocycles. The van der Waals surface area contributed by atoms with E-state index in [0.29, 0.717) is 24.8 Å². The van der Waals surface area contributed by atoms with Crippen molar-refractivity contribution in [2.24, 2.45) is 11.7 Å². The van der Waals surface area contributed by atoms with Gasteiger partial charge in [-0.15, -0.1) is 0 Å². The number of nitrogens with two attached hydrogens (primary N) is 1. The number of hydrogen-bond donors (Lipinski definition) is 1. The average molecular weight is 524 g/mol. The van der Waals surface area contributed by atoms with Crippen molar-refractivity contribution >= 4 is 27.4 Å². The number of primary amides is 1. The van der Waals surface area contributed by atoms with Crippen LogP contribution in [0.1, 0.15) is 43.1 Å². The van der Waals surface area contributed by atoms with E-state index >= 15 is 0 Å². The van der Waals surface area contributed by atoms with Crippen molar-refractivity contribution in [1.29, 1.82) is 0 Å². The van der Waals surface area contributed by atoms with E-state index in [1.807, 2.05) is 55.0 Å². The van der Waals surface area contributed by atoms with E-state index in [2.05, 4.69) is 16.9 Å². The molecule has 0 radical (unpaired) electrons. The molecule has 9 nitrogen and oxygen atoms in total. The fourth-order valence-electron chi connectivity index (χ4n) is 5.02. The number of carbonyl (C=O) groups is 1. The minimum absolute atomic E-state index is 0.108. The van der Waals surface area contributed by atoms with Crippen molar-refractivity contribution in [3.8, 4) is 5.75 Å². The van der Waals surface area contributed by atoms with Gasteiger partial charge in [0.05, 0.1) is 12.0 Å². The van der Waals surface area contributed by atoms with Crippen LogP contribution >= 0.6 is 0 Å². The third kappa shape index (κ3) is 5.24. The van der Waals surface area contributed by atoms with Gasteiger partial charge >= 0.3 is 0 Å². The SMILES string of the molecule is COc1ccc(CN(C)c2cccc(S(=O)(=O)c3ccnc(N4CC(C)CC4(C)C)c3C(N)=O)n2)cc1. The summed E-state index contributed by atoms with van der Waals surface area (Å²) in [6.45, 7) is 7.37. The second kappa shape index (κ2) is 10.0. The topological polar surface area (TPSA) is 119 Å². The van der Waals surface area contributed by atoms with Crippen molar-refractivity contribution in [3.05, 3.63) is 65.9 Å². The van der Waals surface area contributed by atoms with Crippen LogP contribution < -0.4 is 20.3 Å². The van der Waals surface area contributed by atoms with Gasteiger partial charge in [0.2, 0.25) is 9.84 Å². The maximum atomic E-state index is 13.8. The summed E-state index contributed by atoms with van der Waals surface area (Å²) in [6.07, 6.45) is 2.29. The van der Waals surface area contributed by atoms with Crippen LogP contribution in [0.25, 0.3) is 0 Å². The van der Waals surface area contributed by atoms with Crippen molar-refractivity contribution in [3.63, 3.8) is 0 Å². The van der Waals surface area contributed by atoms with Crippen molar-refractivity contribution in [2.45, 2.75) is 49.2 Å². The number of aromatic nitrogens is 2. The quantitative estimate of drug-likeness (QED) is 0.475. The van der Waals surface area contributed by atoms with E-state index in [1.54, 1.807) is 19.2 Å². The van der Waals surface area contributed by atoms with E-state index in [0.717, 1.165) is 17.7 Å². The van der Waals surface area contributed by atoms with Crippen LogP contribution in [0.15, 0.2) is 64.6 Å². The zero-order valence-corrected chi connectivity index (χ0v) is 22.6. The number of amides is 1. The van der Waals surface area contributed by atoms with Gasteiger partial charge in [0.25, 0.3) is 5.91 Å². The predicted molar refractivity (Wildman–Crippen MR) is 143 cm³/mol. The smallest absolute Gasteiger partial charge is 0.253 e. The van der Waals surface area contributed by atoms with E-state index in [4.69, 9.17) is 10.5 Å². The number of carbonyl (C=O) groups excluding carboxylic acids is 1. The summed E-state index contributed by atoms with van der Waals surface area (Å²) in [5.74, 6) is 1.03. The number of benzene rings is 1. The number of rotatable bonds is 8. The van der Waals surface area contributed by atoms with Crippen LogP contribution in [-0.4, -0.2) is 50.5 Å². The minimum Gasteiger partial charge on any atom is -0.497 e. The third-order valence-electron chi connectivity index (χ3n) is 6.71. The monoisotopic (exact) mass is 523 g/mol. The molecule has 37 heavy (non-hydrogen) atoms. The second-order valence-corrected chi connectivity index (χ2v) is 12.0. The summed E-state index contributed by atoms with van der Waals surface area (Å²) in [7, 11) is -0.735. The molecule has 1 unspecified atom stereocenters. The molecule has 1 aliphatic rings. The van der Waals surface area contributed by atoms with Crippen LogP contribution in [0.4, 0.5) is 11.6 Å². The molecule has 1 aliphatic heterocycles. The third-order valence-corrected chi connectivity index (χ3v) is 8.41. The molecule has 2 N–H and O–H groups in total. The van der Waals surface area contributed by atoms with Gasteiger partial charge in [-0.05, 0) is 62.1 Å². The van der Waals surface area contributed by atoms with E-state index in [9.17, 15) is 13.2 Å². The Morgan fingerprint density at radius 2 is 1.89 bits per heavy atom. The Kier molecular flexibility index (Phi) is 7.14. The molecule has 1 fully saturated rings. The lowest BCUT2D eigenvalue weighted by Gasteiger charge is -2.33. The molecule has 1 saturated heterocycles. The molecule has 0 saturated carbocycles. The Balaban J connectivity index is 1.71. The number of anilines is 2. The summed E-state index contributed by atoms with van der Waals surface area (Å²) in [5.41, 5.74) is 6.36. The zero-order chi connectivity index (χ0) is 27.0. The molecular formula is C27H33N5O4S. The molecule has 10 heteroatoms. The number of pyridine rings is 2. The maximum Gasteiger partial charge on any atom is 0.253 e. The first kappa shape index (κ1) is 26.4. The Hall–Kier alpha value is -3.66. The molecule has 1 atom stereocenters. The Morgan fingerprint density at radius 3 is 2.49 bits per heavy atom. The summed E-state index contributed by atoms with van der Waals surface area (Å²) in [6, 6.07) is 13.7. The number of ether oxygens (including phenoxy) is 1.